The number of carbonyl (C=O) groups excluding carboxylic acids is 1. The van der Waals surface area contributed by atoms with Crippen molar-refractivity contribution in [1.29, 1.82) is 0 Å². The number of nitrogens with zero attached hydrogens (tertiary/aromatic N) is 4. The molecule has 1 saturated heterocycles. The number of aromatic nitrogens is 3. The minimum atomic E-state index is -0.248. The number of pyridine rings is 1. The Labute approximate surface area is 147 Å². The van der Waals surface area contributed by atoms with Gasteiger partial charge in [0.25, 0.3) is 5.91 Å². The largest absolute Gasteiger partial charge is 0.355 e. The number of hydrogen-bond acceptors (Lipinski definition) is 6. The number of anilines is 1. The first kappa shape index (κ1) is 17.3. The molecule has 1 amide bonds. The van der Waals surface area contributed by atoms with Crippen LogP contribution in [0.25, 0.3) is 0 Å². The van der Waals surface area contributed by atoms with Gasteiger partial charge < -0.3 is 16.0 Å². The maximum atomic E-state index is 12.4. The lowest BCUT2D eigenvalue weighted by molar-refractivity contribution is 0.0943. The van der Waals surface area contributed by atoms with Gasteiger partial charge in [0, 0.05) is 49.3 Å². The summed E-state index contributed by atoms with van der Waals surface area (Å²) in [4.78, 5) is 27.4. The van der Waals surface area contributed by atoms with Crippen molar-refractivity contribution in [3.8, 4) is 0 Å². The Kier molecular flexibility index (Phi) is 5.23. The van der Waals surface area contributed by atoms with Crippen LogP contribution in [-0.4, -0.2) is 46.5 Å². The SMILES string of the molecule is Cc1nc(C(=O)NCCc2ccncc2)nc(N2CC[C@@H](N)C2)c1C. The van der Waals surface area contributed by atoms with Crippen LogP contribution >= 0.6 is 0 Å². The van der Waals surface area contributed by atoms with Crippen LogP contribution in [0.2, 0.25) is 0 Å². The number of rotatable bonds is 5. The minimum Gasteiger partial charge on any atom is -0.355 e. The first-order valence-corrected chi connectivity index (χ1v) is 8.57. The summed E-state index contributed by atoms with van der Waals surface area (Å²) in [6.45, 7) is 6.05. The van der Waals surface area contributed by atoms with E-state index >= 15 is 0 Å². The second-order valence-electron chi connectivity index (χ2n) is 6.44. The van der Waals surface area contributed by atoms with Gasteiger partial charge in [-0.1, -0.05) is 0 Å². The number of nitrogens with one attached hydrogen (secondary N) is 1. The highest BCUT2D eigenvalue weighted by Crippen LogP contribution is 2.23. The van der Waals surface area contributed by atoms with Crippen molar-refractivity contribution in [3.63, 3.8) is 0 Å². The Hall–Kier alpha value is -2.54. The van der Waals surface area contributed by atoms with E-state index in [1.807, 2.05) is 26.0 Å². The predicted octanol–water partition coefficient (Wildman–Crippen LogP) is 0.998. The summed E-state index contributed by atoms with van der Waals surface area (Å²) < 4.78 is 0. The van der Waals surface area contributed by atoms with Crippen LogP contribution in [0.5, 0.6) is 0 Å². The molecule has 0 saturated carbocycles. The molecule has 132 valence electrons. The Morgan fingerprint density at radius 3 is 2.76 bits per heavy atom. The van der Waals surface area contributed by atoms with E-state index in [0.717, 1.165) is 48.6 Å². The van der Waals surface area contributed by atoms with Gasteiger partial charge in [-0.3, -0.25) is 9.78 Å². The Bertz CT molecular complexity index is 749. The van der Waals surface area contributed by atoms with Crippen molar-refractivity contribution in [2.45, 2.75) is 32.7 Å². The van der Waals surface area contributed by atoms with Gasteiger partial charge >= 0.3 is 0 Å². The molecule has 0 spiro atoms. The fourth-order valence-corrected chi connectivity index (χ4v) is 2.95. The molecule has 1 aliphatic heterocycles. The molecule has 0 bridgehead atoms. The Balaban J connectivity index is 1.68. The monoisotopic (exact) mass is 340 g/mol. The number of aryl methyl sites for hydroxylation is 1. The van der Waals surface area contributed by atoms with Crippen molar-refractivity contribution in [2.24, 2.45) is 5.73 Å². The second kappa shape index (κ2) is 7.57. The molecule has 25 heavy (non-hydrogen) atoms. The molecule has 1 atom stereocenters. The maximum absolute atomic E-state index is 12.4. The lowest BCUT2D eigenvalue weighted by Gasteiger charge is -2.20. The van der Waals surface area contributed by atoms with Crippen LogP contribution in [0, 0.1) is 13.8 Å². The Morgan fingerprint density at radius 2 is 2.08 bits per heavy atom. The molecule has 0 aliphatic carbocycles. The van der Waals surface area contributed by atoms with Gasteiger partial charge in [0.1, 0.15) is 5.82 Å². The van der Waals surface area contributed by atoms with Crippen LogP contribution < -0.4 is 16.0 Å². The zero-order chi connectivity index (χ0) is 17.8. The molecule has 7 nitrogen and oxygen atoms in total. The standard InChI is InChI=1S/C18H24N6O/c1-12-13(2)22-16(23-17(12)24-10-6-15(19)11-24)18(25)21-9-5-14-3-7-20-8-4-14/h3-4,7-8,15H,5-6,9-11,19H2,1-2H3,(H,21,25)/t15-/m1/s1. The lowest BCUT2D eigenvalue weighted by Crippen LogP contribution is -2.31. The van der Waals surface area contributed by atoms with E-state index in [9.17, 15) is 4.79 Å². The van der Waals surface area contributed by atoms with Gasteiger partial charge in [0.05, 0.1) is 0 Å². The first-order chi connectivity index (χ1) is 12.0. The summed E-state index contributed by atoms with van der Waals surface area (Å²) in [6.07, 6.45) is 5.18. The fourth-order valence-electron chi connectivity index (χ4n) is 2.95. The van der Waals surface area contributed by atoms with Gasteiger partial charge in [-0.25, -0.2) is 9.97 Å². The molecule has 0 unspecified atom stereocenters. The highest BCUT2D eigenvalue weighted by atomic mass is 16.2. The van der Waals surface area contributed by atoms with E-state index in [0.29, 0.717) is 6.54 Å². The lowest BCUT2D eigenvalue weighted by atomic mass is 10.2. The second-order valence-corrected chi connectivity index (χ2v) is 6.44. The summed E-state index contributed by atoms with van der Waals surface area (Å²) >= 11 is 0. The van der Waals surface area contributed by atoms with Crippen LogP contribution in [0.15, 0.2) is 24.5 Å². The molecule has 0 aromatic carbocycles. The third kappa shape index (κ3) is 4.11. The van der Waals surface area contributed by atoms with E-state index in [1.165, 1.54) is 0 Å². The first-order valence-electron chi connectivity index (χ1n) is 8.57. The molecule has 3 heterocycles. The van der Waals surface area contributed by atoms with Gasteiger partial charge in [-0.05, 0) is 44.4 Å². The van der Waals surface area contributed by atoms with E-state index in [2.05, 4.69) is 25.2 Å². The van der Waals surface area contributed by atoms with E-state index in [-0.39, 0.29) is 17.8 Å². The topological polar surface area (TPSA) is 97.0 Å². The van der Waals surface area contributed by atoms with Crippen molar-refractivity contribution >= 4 is 11.7 Å². The van der Waals surface area contributed by atoms with Crippen LogP contribution in [-0.2, 0) is 6.42 Å². The van der Waals surface area contributed by atoms with E-state index in [4.69, 9.17) is 5.73 Å². The van der Waals surface area contributed by atoms with Crippen molar-refractivity contribution in [2.75, 3.05) is 24.5 Å². The summed E-state index contributed by atoms with van der Waals surface area (Å²) in [5.74, 6) is 0.787. The quantitative estimate of drug-likeness (QED) is 0.843. The zero-order valence-electron chi connectivity index (χ0n) is 14.7. The fraction of sp³-hybridized carbons (Fsp3) is 0.444. The van der Waals surface area contributed by atoms with Gasteiger partial charge in [0.2, 0.25) is 5.82 Å². The van der Waals surface area contributed by atoms with Crippen LogP contribution in [0.3, 0.4) is 0 Å². The maximum Gasteiger partial charge on any atom is 0.289 e. The highest BCUT2D eigenvalue weighted by Gasteiger charge is 2.24. The molecule has 1 aliphatic rings. The summed E-state index contributed by atoms with van der Waals surface area (Å²) in [5, 5.41) is 2.89. The third-order valence-corrected chi connectivity index (χ3v) is 4.54. The van der Waals surface area contributed by atoms with Crippen LogP contribution in [0.1, 0.15) is 33.9 Å². The summed E-state index contributed by atoms with van der Waals surface area (Å²) in [5.41, 5.74) is 8.95. The van der Waals surface area contributed by atoms with Crippen LogP contribution in [0.4, 0.5) is 5.82 Å². The molecular weight excluding hydrogens is 316 g/mol. The molecule has 1 fully saturated rings. The van der Waals surface area contributed by atoms with Crippen molar-refractivity contribution in [1.82, 2.24) is 20.3 Å². The minimum absolute atomic E-state index is 0.160. The third-order valence-electron chi connectivity index (χ3n) is 4.54. The predicted molar refractivity (Wildman–Crippen MR) is 96.6 cm³/mol. The smallest absolute Gasteiger partial charge is 0.289 e. The highest BCUT2D eigenvalue weighted by molar-refractivity contribution is 5.91. The molecule has 0 radical (unpaired) electrons. The van der Waals surface area contributed by atoms with E-state index in [1.54, 1.807) is 12.4 Å². The molecule has 2 aromatic heterocycles. The molecule has 2 aromatic rings. The van der Waals surface area contributed by atoms with Gasteiger partial charge in [-0.15, -0.1) is 0 Å². The number of nitrogens with two attached hydrogens (primary N) is 1. The number of carbonyl (C=O) groups is 1. The molecule has 3 N–H and O–H groups in total. The average molecular weight is 340 g/mol. The van der Waals surface area contributed by atoms with Crippen molar-refractivity contribution < 1.29 is 4.79 Å². The van der Waals surface area contributed by atoms with Gasteiger partial charge in [0.15, 0.2) is 0 Å². The summed E-state index contributed by atoms with van der Waals surface area (Å²) in [7, 11) is 0. The zero-order valence-corrected chi connectivity index (χ0v) is 14.7. The normalized spacial score (nSPS) is 16.9. The molecular formula is C18H24N6O. The Morgan fingerprint density at radius 1 is 1.32 bits per heavy atom. The summed E-state index contributed by atoms with van der Waals surface area (Å²) in [6, 6.07) is 4.04. The van der Waals surface area contributed by atoms with Gasteiger partial charge in [-0.2, -0.15) is 0 Å². The molecule has 7 heteroatoms. The molecule has 3 rings (SSSR count). The number of amides is 1. The average Bonchev–Trinajstić information content (AvgIpc) is 3.04. The number of hydrogen-bond donors (Lipinski definition) is 2. The van der Waals surface area contributed by atoms with Crippen molar-refractivity contribution in [3.05, 3.63) is 47.2 Å². The van der Waals surface area contributed by atoms with E-state index < -0.39 is 0 Å².